The second-order valence-corrected chi connectivity index (χ2v) is 7.10. The number of H-pyrrole nitrogens is 1. The summed E-state index contributed by atoms with van der Waals surface area (Å²) in [6, 6.07) is 11.0. The number of nitrogens with one attached hydrogen (secondary N) is 1. The SMILES string of the molecule is Cc1nc(Cl)cc(N(Cc2ccccn2)Cc2cc(=O)[nH]c3c(F)c(F)ccc23)n1. The molecule has 0 amide bonds. The predicted octanol–water partition coefficient (Wildman–Crippen LogP) is 4.16. The van der Waals surface area contributed by atoms with Crippen molar-refractivity contribution in [2.75, 3.05) is 4.90 Å². The molecular formula is C21H16ClF2N5O. The molecule has 0 fully saturated rings. The standard InChI is InChI=1S/C21H16ClF2N5O/c1-12-26-17(22)9-18(27-12)29(11-14-4-2-3-7-25-14)10-13-8-19(30)28-21-15(13)5-6-16(23)20(21)24/h2-9H,10-11H2,1H3,(H,28,30). The molecule has 0 atom stereocenters. The highest BCUT2D eigenvalue weighted by Gasteiger charge is 2.17. The molecule has 1 aromatic carbocycles. The van der Waals surface area contributed by atoms with Gasteiger partial charge in [-0.1, -0.05) is 17.7 Å². The summed E-state index contributed by atoms with van der Waals surface area (Å²) in [6.07, 6.45) is 1.67. The minimum Gasteiger partial charge on any atom is -0.346 e. The van der Waals surface area contributed by atoms with Crippen molar-refractivity contribution in [3.8, 4) is 0 Å². The molecule has 1 N–H and O–H groups in total. The summed E-state index contributed by atoms with van der Waals surface area (Å²) in [4.78, 5) is 29.2. The number of halogens is 3. The van der Waals surface area contributed by atoms with Crippen molar-refractivity contribution in [2.24, 2.45) is 0 Å². The molecule has 6 nitrogen and oxygen atoms in total. The van der Waals surface area contributed by atoms with Crippen molar-refractivity contribution in [3.63, 3.8) is 0 Å². The van der Waals surface area contributed by atoms with Crippen LogP contribution in [0.2, 0.25) is 5.15 Å². The molecule has 0 spiro atoms. The van der Waals surface area contributed by atoms with Gasteiger partial charge in [-0.05, 0) is 36.8 Å². The van der Waals surface area contributed by atoms with E-state index in [1.165, 1.54) is 12.1 Å². The zero-order chi connectivity index (χ0) is 21.3. The van der Waals surface area contributed by atoms with Gasteiger partial charge < -0.3 is 9.88 Å². The number of nitrogens with zero attached hydrogens (tertiary/aromatic N) is 4. The maximum Gasteiger partial charge on any atom is 0.248 e. The highest BCUT2D eigenvalue weighted by Crippen LogP contribution is 2.25. The van der Waals surface area contributed by atoms with Crippen LogP contribution in [-0.4, -0.2) is 19.9 Å². The van der Waals surface area contributed by atoms with E-state index in [-0.39, 0.29) is 17.2 Å². The molecule has 0 saturated heterocycles. The second kappa shape index (κ2) is 8.16. The van der Waals surface area contributed by atoms with E-state index >= 15 is 0 Å². The van der Waals surface area contributed by atoms with Gasteiger partial charge in [-0.3, -0.25) is 9.78 Å². The monoisotopic (exact) mass is 427 g/mol. The molecule has 3 aromatic heterocycles. The minimum atomic E-state index is -1.09. The summed E-state index contributed by atoms with van der Waals surface area (Å²) in [5, 5.41) is 0.670. The molecule has 152 valence electrons. The Balaban J connectivity index is 1.82. The van der Waals surface area contributed by atoms with Gasteiger partial charge in [0.1, 0.15) is 16.8 Å². The molecule has 0 saturated carbocycles. The number of pyridine rings is 2. The zero-order valence-electron chi connectivity index (χ0n) is 15.9. The van der Waals surface area contributed by atoms with Crippen molar-refractivity contribution < 1.29 is 8.78 Å². The normalized spacial score (nSPS) is 11.1. The fraction of sp³-hybridized carbons (Fsp3) is 0.143. The smallest absolute Gasteiger partial charge is 0.248 e. The highest BCUT2D eigenvalue weighted by molar-refractivity contribution is 6.29. The Morgan fingerprint density at radius 3 is 2.67 bits per heavy atom. The van der Waals surface area contributed by atoms with Crippen LogP contribution in [0.4, 0.5) is 14.6 Å². The lowest BCUT2D eigenvalue weighted by atomic mass is 10.1. The van der Waals surface area contributed by atoms with Gasteiger partial charge in [0.2, 0.25) is 5.56 Å². The predicted molar refractivity (Wildman–Crippen MR) is 110 cm³/mol. The number of fused-ring (bicyclic) bond motifs is 1. The van der Waals surface area contributed by atoms with Crippen LogP contribution in [-0.2, 0) is 13.1 Å². The first-order chi connectivity index (χ1) is 14.4. The van der Waals surface area contributed by atoms with Crippen LogP contribution in [0.5, 0.6) is 0 Å². The lowest BCUT2D eigenvalue weighted by molar-refractivity contribution is 0.515. The van der Waals surface area contributed by atoms with Crippen LogP contribution in [0.25, 0.3) is 10.9 Å². The topological polar surface area (TPSA) is 74.8 Å². The fourth-order valence-corrected chi connectivity index (χ4v) is 3.48. The fourth-order valence-electron chi connectivity index (χ4n) is 3.26. The second-order valence-electron chi connectivity index (χ2n) is 6.72. The summed E-state index contributed by atoms with van der Waals surface area (Å²) in [7, 11) is 0. The average molecular weight is 428 g/mol. The Bertz CT molecular complexity index is 1260. The summed E-state index contributed by atoms with van der Waals surface area (Å²) in [5.41, 5.74) is 0.566. The van der Waals surface area contributed by atoms with Crippen molar-refractivity contribution >= 4 is 28.3 Å². The molecule has 0 aliphatic rings. The van der Waals surface area contributed by atoms with Gasteiger partial charge in [0.15, 0.2) is 11.6 Å². The van der Waals surface area contributed by atoms with Crippen LogP contribution in [0.3, 0.4) is 0 Å². The van der Waals surface area contributed by atoms with E-state index in [0.29, 0.717) is 29.1 Å². The van der Waals surface area contributed by atoms with Crippen molar-refractivity contribution in [3.05, 3.63) is 92.9 Å². The molecule has 3 heterocycles. The van der Waals surface area contributed by atoms with E-state index in [2.05, 4.69) is 19.9 Å². The Labute approximate surface area is 175 Å². The van der Waals surface area contributed by atoms with Gasteiger partial charge in [-0.2, -0.15) is 0 Å². The largest absolute Gasteiger partial charge is 0.346 e. The van der Waals surface area contributed by atoms with Gasteiger partial charge in [0.25, 0.3) is 0 Å². The van der Waals surface area contributed by atoms with Crippen LogP contribution in [0.15, 0.2) is 53.5 Å². The number of hydrogen-bond donors (Lipinski definition) is 1. The molecular weight excluding hydrogens is 412 g/mol. The molecule has 9 heteroatoms. The lowest BCUT2D eigenvalue weighted by Gasteiger charge is -2.24. The zero-order valence-corrected chi connectivity index (χ0v) is 16.6. The maximum absolute atomic E-state index is 14.3. The van der Waals surface area contributed by atoms with E-state index in [1.54, 1.807) is 25.3 Å². The highest BCUT2D eigenvalue weighted by atomic mass is 35.5. The average Bonchev–Trinajstić information content (AvgIpc) is 2.70. The van der Waals surface area contributed by atoms with E-state index in [0.717, 1.165) is 11.8 Å². The lowest BCUT2D eigenvalue weighted by Crippen LogP contribution is -2.25. The van der Waals surface area contributed by atoms with Crippen molar-refractivity contribution in [2.45, 2.75) is 20.0 Å². The Hall–Kier alpha value is -3.39. The van der Waals surface area contributed by atoms with Crippen LogP contribution >= 0.6 is 11.6 Å². The Morgan fingerprint density at radius 1 is 1.10 bits per heavy atom. The summed E-state index contributed by atoms with van der Waals surface area (Å²) in [5.74, 6) is -1.12. The molecule has 0 bridgehead atoms. The molecule has 0 aliphatic carbocycles. The van der Waals surface area contributed by atoms with Gasteiger partial charge in [-0.15, -0.1) is 0 Å². The van der Waals surface area contributed by atoms with Crippen molar-refractivity contribution in [1.82, 2.24) is 19.9 Å². The first-order valence-corrected chi connectivity index (χ1v) is 9.44. The van der Waals surface area contributed by atoms with Gasteiger partial charge in [0.05, 0.1) is 17.8 Å². The quantitative estimate of drug-likeness (QED) is 0.484. The third-order valence-corrected chi connectivity index (χ3v) is 4.75. The van der Waals surface area contributed by atoms with E-state index < -0.39 is 17.2 Å². The number of aryl methyl sites for hydroxylation is 1. The molecule has 0 radical (unpaired) electrons. The molecule has 0 aliphatic heterocycles. The van der Waals surface area contributed by atoms with Gasteiger partial charge in [-0.25, -0.2) is 18.7 Å². The molecule has 0 unspecified atom stereocenters. The number of anilines is 1. The van der Waals surface area contributed by atoms with E-state index in [4.69, 9.17) is 11.6 Å². The first-order valence-electron chi connectivity index (χ1n) is 9.06. The Kier molecular flexibility index (Phi) is 5.41. The number of rotatable bonds is 5. The summed E-state index contributed by atoms with van der Waals surface area (Å²) >= 11 is 6.12. The van der Waals surface area contributed by atoms with Crippen LogP contribution in [0.1, 0.15) is 17.1 Å². The van der Waals surface area contributed by atoms with Gasteiger partial charge in [0, 0.05) is 30.3 Å². The van der Waals surface area contributed by atoms with E-state index in [9.17, 15) is 13.6 Å². The third-order valence-electron chi connectivity index (χ3n) is 4.55. The Morgan fingerprint density at radius 2 is 1.93 bits per heavy atom. The molecule has 4 rings (SSSR count). The number of hydrogen-bond acceptors (Lipinski definition) is 5. The summed E-state index contributed by atoms with van der Waals surface area (Å²) < 4.78 is 27.9. The third kappa shape index (κ3) is 4.13. The van der Waals surface area contributed by atoms with Crippen molar-refractivity contribution in [1.29, 1.82) is 0 Å². The van der Waals surface area contributed by atoms with Gasteiger partial charge >= 0.3 is 0 Å². The molecule has 30 heavy (non-hydrogen) atoms. The van der Waals surface area contributed by atoms with Crippen LogP contribution < -0.4 is 10.5 Å². The first kappa shape index (κ1) is 19.9. The number of aromatic nitrogens is 4. The molecule has 4 aromatic rings. The number of aromatic amines is 1. The van der Waals surface area contributed by atoms with Crippen LogP contribution in [0, 0.1) is 18.6 Å². The van der Waals surface area contributed by atoms with E-state index in [1.807, 2.05) is 17.0 Å². The number of benzene rings is 1. The minimum absolute atomic E-state index is 0.174. The maximum atomic E-state index is 14.3. The summed E-state index contributed by atoms with van der Waals surface area (Å²) in [6.45, 7) is 2.26.